The fourth-order valence-corrected chi connectivity index (χ4v) is 3.17. The highest BCUT2D eigenvalue weighted by atomic mass is 16.4. The summed E-state index contributed by atoms with van der Waals surface area (Å²) < 4.78 is 5.68. The molecule has 28 heavy (non-hydrogen) atoms. The van der Waals surface area contributed by atoms with Gasteiger partial charge in [0, 0.05) is 18.5 Å². The first-order chi connectivity index (χ1) is 13.7. The van der Waals surface area contributed by atoms with E-state index in [1.54, 1.807) is 17.2 Å². The molecule has 1 saturated heterocycles. The van der Waals surface area contributed by atoms with Gasteiger partial charge in [-0.3, -0.25) is 4.79 Å². The molecule has 2 heterocycles. The van der Waals surface area contributed by atoms with E-state index in [-0.39, 0.29) is 12.5 Å². The normalized spacial score (nSPS) is 13.6. The number of oxazole rings is 1. The van der Waals surface area contributed by atoms with E-state index >= 15 is 0 Å². The van der Waals surface area contributed by atoms with Crippen LogP contribution in [-0.2, 0) is 11.3 Å². The Morgan fingerprint density at radius 3 is 2.68 bits per heavy atom. The van der Waals surface area contributed by atoms with Gasteiger partial charge >= 0.3 is 6.03 Å². The molecule has 0 radical (unpaired) electrons. The number of hydrogen-bond acceptors (Lipinski definition) is 4. The number of carbonyl (C=O) groups is 2. The first-order valence-electron chi connectivity index (χ1n) is 9.15. The number of para-hydroxylation sites is 2. The lowest BCUT2D eigenvalue weighted by molar-refractivity contribution is -0.117. The first kappa shape index (κ1) is 17.8. The summed E-state index contributed by atoms with van der Waals surface area (Å²) in [6.07, 6.45) is 3.00. The Balaban J connectivity index is 1.38. The predicted octanol–water partition coefficient (Wildman–Crippen LogP) is 3.79. The van der Waals surface area contributed by atoms with Crippen LogP contribution in [0.25, 0.3) is 11.3 Å². The highest BCUT2D eigenvalue weighted by molar-refractivity contribution is 6.01. The molecular weight excluding hydrogens is 356 g/mol. The second-order valence-electron chi connectivity index (χ2n) is 6.46. The third kappa shape index (κ3) is 3.88. The van der Waals surface area contributed by atoms with E-state index in [9.17, 15) is 9.59 Å². The number of anilines is 2. The Kier molecular flexibility index (Phi) is 5.05. The van der Waals surface area contributed by atoms with Gasteiger partial charge in [0.05, 0.1) is 24.1 Å². The number of carbonyl (C=O) groups excluding carboxylic acids is 2. The van der Waals surface area contributed by atoms with Crippen molar-refractivity contribution in [1.29, 1.82) is 0 Å². The van der Waals surface area contributed by atoms with Crippen LogP contribution in [0.15, 0.2) is 65.2 Å². The van der Waals surface area contributed by atoms with Crippen molar-refractivity contribution >= 4 is 23.3 Å². The van der Waals surface area contributed by atoms with Crippen molar-refractivity contribution < 1.29 is 14.0 Å². The third-order valence-electron chi connectivity index (χ3n) is 4.53. The van der Waals surface area contributed by atoms with Crippen molar-refractivity contribution in [3.8, 4) is 11.3 Å². The Morgan fingerprint density at radius 2 is 1.89 bits per heavy atom. The zero-order valence-electron chi connectivity index (χ0n) is 15.2. The lowest BCUT2D eigenvalue weighted by Crippen LogP contribution is -2.30. The van der Waals surface area contributed by atoms with Crippen molar-refractivity contribution in [2.45, 2.75) is 19.4 Å². The molecule has 4 rings (SSSR count). The second kappa shape index (κ2) is 7.96. The van der Waals surface area contributed by atoms with E-state index in [1.165, 1.54) is 0 Å². The van der Waals surface area contributed by atoms with Crippen molar-refractivity contribution in [2.75, 3.05) is 16.8 Å². The Bertz CT molecular complexity index is 984. The number of amides is 3. The Labute approximate surface area is 162 Å². The summed E-state index contributed by atoms with van der Waals surface area (Å²) in [5, 5.41) is 5.53. The van der Waals surface area contributed by atoms with Crippen LogP contribution in [0, 0.1) is 0 Å². The number of rotatable bonds is 5. The fraction of sp³-hybridized carbons (Fsp3) is 0.190. The molecular formula is C21H20N4O3. The maximum atomic E-state index is 12.3. The number of nitrogens with one attached hydrogen (secondary N) is 2. The number of nitrogens with zero attached hydrogens (tertiary/aromatic N) is 2. The van der Waals surface area contributed by atoms with Crippen LogP contribution in [0.2, 0.25) is 0 Å². The van der Waals surface area contributed by atoms with Gasteiger partial charge in [-0.15, -0.1) is 0 Å². The topological polar surface area (TPSA) is 87.5 Å². The van der Waals surface area contributed by atoms with Crippen molar-refractivity contribution in [1.82, 2.24) is 10.3 Å². The molecule has 1 aliphatic rings. The molecule has 1 fully saturated rings. The average molecular weight is 376 g/mol. The largest absolute Gasteiger partial charge is 0.439 e. The molecule has 0 atom stereocenters. The lowest BCUT2D eigenvalue weighted by Gasteiger charge is -2.20. The molecule has 0 unspecified atom stereocenters. The Hall–Kier alpha value is -3.61. The minimum absolute atomic E-state index is 0.0721. The summed E-state index contributed by atoms with van der Waals surface area (Å²) >= 11 is 0. The van der Waals surface area contributed by atoms with Crippen LogP contribution >= 0.6 is 0 Å². The van der Waals surface area contributed by atoms with Crippen LogP contribution in [0.1, 0.15) is 18.7 Å². The standard InChI is InChI=1S/C21H20N4O3/c26-20-11-6-12-25(20)17-10-5-4-9-16(17)24-21(27)23-14-19-22-13-18(28-19)15-7-2-1-3-8-15/h1-5,7-10,13H,6,11-12,14H2,(H2,23,24,27). The zero-order chi connectivity index (χ0) is 19.3. The molecule has 3 amide bonds. The number of urea groups is 1. The van der Waals surface area contributed by atoms with Gasteiger partial charge in [0.15, 0.2) is 5.76 Å². The molecule has 0 saturated carbocycles. The molecule has 7 heteroatoms. The van der Waals surface area contributed by atoms with E-state index in [2.05, 4.69) is 15.6 Å². The van der Waals surface area contributed by atoms with E-state index in [4.69, 9.17) is 4.42 Å². The predicted molar refractivity (Wildman–Crippen MR) is 106 cm³/mol. The fourth-order valence-electron chi connectivity index (χ4n) is 3.17. The monoisotopic (exact) mass is 376 g/mol. The minimum atomic E-state index is -0.390. The summed E-state index contributed by atoms with van der Waals surface area (Å²) in [6.45, 7) is 0.821. The summed E-state index contributed by atoms with van der Waals surface area (Å²) in [6, 6.07) is 16.5. The summed E-state index contributed by atoms with van der Waals surface area (Å²) in [5.74, 6) is 1.13. The third-order valence-corrected chi connectivity index (χ3v) is 4.53. The molecule has 0 aliphatic carbocycles. The summed E-state index contributed by atoms with van der Waals surface area (Å²) in [5.41, 5.74) is 2.23. The minimum Gasteiger partial charge on any atom is -0.439 e. The van der Waals surface area contributed by atoms with Crippen molar-refractivity contribution in [2.24, 2.45) is 0 Å². The molecule has 2 N–H and O–H groups in total. The number of hydrogen-bond donors (Lipinski definition) is 2. The van der Waals surface area contributed by atoms with Crippen LogP contribution in [0.5, 0.6) is 0 Å². The van der Waals surface area contributed by atoms with Gasteiger partial charge in [-0.25, -0.2) is 9.78 Å². The highest BCUT2D eigenvalue weighted by Crippen LogP contribution is 2.29. The van der Waals surface area contributed by atoms with Crippen molar-refractivity contribution in [3.05, 3.63) is 66.7 Å². The first-order valence-corrected chi connectivity index (χ1v) is 9.15. The van der Waals surface area contributed by atoms with Gasteiger partial charge in [0.25, 0.3) is 0 Å². The quantitative estimate of drug-likeness (QED) is 0.709. The summed E-state index contributed by atoms with van der Waals surface area (Å²) in [7, 11) is 0. The smallest absolute Gasteiger partial charge is 0.319 e. The second-order valence-corrected chi connectivity index (χ2v) is 6.46. The molecule has 142 valence electrons. The van der Waals surface area contributed by atoms with Gasteiger partial charge in [-0.1, -0.05) is 42.5 Å². The molecule has 0 spiro atoms. The van der Waals surface area contributed by atoms with Gasteiger partial charge in [-0.2, -0.15) is 0 Å². The SMILES string of the molecule is O=C(NCc1ncc(-c2ccccc2)o1)Nc1ccccc1N1CCCC1=O. The van der Waals surface area contributed by atoms with E-state index in [0.717, 1.165) is 12.0 Å². The van der Waals surface area contributed by atoms with Gasteiger partial charge < -0.3 is 20.0 Å². The maximum Gasteiger partial charge on any atom is 0.319 e. The van der Waals surface area contributed by atoms with E-state index < -0.39 is 6.03 Å². The van der Waals surface area contributed by atoms with E-state index in [0.29, 0.717) is 36.0 Å². The highest BCUT2D eigenvalue weighted by Gasteiger charge is 2.24. The van der Waals surface area contributed by atoms with Crippen LogP contribution in [0.4, 0.5) is 16.2 Å². The molecule has 3 aromatic rings. The number of aromatic nitrogens is 1. The molecule has 2 aromatic carbocycles. The Morgan fingerprint density at radius 1 is 1.11 bits per heavy atom. The molecule has 1 aliphatic heterocycles. The van der Waals surface area contributed by atoms with Gasteiger partial charge in [0.2, 0.25) is 11.8 Å². The van der Waals surface area contributed by atoms with Gasteiger partial charge in [-0.05, 0) is 18.6 Å². The van der Waals surface area contributed by atoms with Crippen LogP contribution in [0.3, 0.4) is 0 Å². The van der Waals surface area contributed by atoms with Crippen LogP contribution < -0.4 is 15.5 Å². The summed E-state index contributed by atoms with van der Waals surface area (Å²) in [4.78, 5) is 30.2. The number of benzene rings is 2. The molecule has 1 aromatic heterocycles. The zero-order valence-corrected chi connectivity index (χ0v) is 15.2. The lowest BCUT2D eigenvalue weighted by atomic mass is 10.2. The average Bonchev–Trinajstić information content (AvgIpc) is 3.37. The van der Waals surface area contributed by atoms with Crippen LogP contribution in [-0.4, -0.2) is 23.5 Å². The maximum absolute atomic E-state index is 12.3. The van der Waals surface area contributed by atoms with Crippen molar-refractivity contribution in [3.63, 3.8) is 0 Å². The van der Waals surface area contributed by atoms with E-state index in [1.807, 2.05) is 48.5 Å². The molecule has 7 nitrogen and oxygen atoms in total. The van der Waals surface area contributed by atoms with Gasteiger partial charge in [0.1, 0.15) is 0 Å². The molecule has 0 bridgehead atoms.